The zero-order valence-electron chi connectivity index (χ0n) is 8.82. The normalized spacial score (nSPS) is 13.2. The molecule has 0 aliphatic heterocycles. The lowest BCUT2D eigenvalue weighted by molar-refractivity contribution is 0.186. The second-order valence-corrected chi connectivity index (χ2v) is 5.53. The minimum absolute atomic E-state index is 0.0311. The molecule has 0 radical (unpaired) electrons. The van der Waals surface area contributed by atoms with Crippen LogP contribution < -0.4 is 5.14 Å². The van der Waals surface area contributed by atoms with Crippen LogP contribution in [0.1, 0.15) is 27.7 Å². The Labute approximate surface area is 81.2 Å². The molecule has 0 heterocycles. The minimum Gasteiger partial charge on any atom is -0.297 e. The van der Waals surface area contributed by atoms with Gasteiger partial charge in [0.1, 0.15) is 0 Å². The van der Waals surface area contributed by atoms with E-state index in [-0.39, 0.29) is 5.75 Å². The van der Waals surface area contributed by atoms with E-state index in [0.717, 1.165) is 0 Å². The standard InChI is InChI=1S/C8H20N2O2S/c1-7(2)10(8(3)4)5-6-13(9,11)12/h7-8H,5-6H2,1-4H3,(H2,9,11,12). The van der Waals surface area contributed by atoms with Crippen LogP contribution in [0.5, 0.6) is 0 Å². The highest BCUT2D eigenvalue weighted by molar-refractivity contribution is 7.89. The van der Waals surface area contributed by atoms with Crippen LogP contribution in [0.2, 0.25) is 0 Å². The Hall–Kier alpha value is -0.130. The van der Waals surface area contributed by atoms with Crippen molar-refractivity contribution in [3.8, 4) is 0 Å². The fourth-order valence-electron chi connectivity index (χ4n) is 1.35. The Morgan fingerprint density at radius 1 is 1.15 bits per heavy atom. The second-order valence-electron chi connectivity index (χ2n) is 3.79. The predicted molar refractivity (Wildman–Crippen MR) is 55.0 cm³/mol. The molecule has 2 N–H and O–H groups in total. The number of primary sulfonamides is 1. The lowest BCUT2D eigenvalue weighted by Crippen LogP contribution is -2.41. The van der Waals surface area contributed by atoms with Gasteiger partial charge in [-0.05, 0) is 27.7 Å². The first kappa shape index (κ1) is 12.9. The summed E-state index contributed by atoms with van der Waals surface area (Å²) < 4.78 is 21.5. The number of sulfonamides is 1. The van der Waals surface area contributed by atoms with Gasteiger partial charge in [-0.15, -0.1) is 0 Å². The van der Waals surface area contributed by atoms with Crippen molar-refractivity contribution in [2.24, 2.45) is 5.14 Å². The van der Waals surface area contributed by atoms with Crippen LogP contribution in [0.4, 0.5) is 0 Å². The van der Waals surface area contributed by atoms with Crippen LogP contribution in [0.3, 0.4) is 0 Å². The Balaban J connectivity index is 4.13. The highest BCUT2D eigenvalue weighted by Crippen LogP contribution is 2.04. The van der Waals surface area contributed by atoms with Gasteiger partial charge in [-0.2, -0.15) is 0 Å². The van der Waals surface area contributed by atoms with Crippen molar-refractivity contribution in [3.05, 3.63) is 0 Å². The van der Waals surface area contributed by atoms with Crippen molar-refractivity contribution in [2.75, 3.05) is 12.3 Å². The molecule has 0 amide bonds. The lowest BCUT2D eigenvalue weighted by Gasteiger charge is -2.29. The van der Waals surface area contributed by atoms with Gasteiger partial charge in [0.2, 0.25) is 10.0 Å². The zero-order chi connectivity index (χ0) is 10.6. The van der Waals surface area contributed by atoms with Crippen LogP contribution in [0.15, 0.2) is 0 Å². The van der Waals surface area contributed by atoms with E-state index in [1.807, 2.05) is 27.7 Å². The van der Waals surface area contributed by atoms with Gasteiger partial charge in [-0.1, -0.05) is 0 Å². The van der Waals surface area contributed by atoms with E-state index >= 15 is 0 Å². The zero-order valence-corrected chi connectivity index (χ0v) is 9.63. The number of nitrogens with two attached hydrogens (primary N) is 1. The Bertz CT molecular complexity index is 227. The highest BCUT2D eigenvalue weighted by Gasteiger charge is 2.15. The maximum atomic E-state index is 10.7. The molecule has 0 aromatic rings. The number of hydrogen-bond donors (Lipinski definition) is 1. The van der Waals surface area contributed by atoms with Gasteiger partial charge >= 0.3 is 0 Å². The van der Waals surface area contributed by atoms with Gasteiger partial charge < -0.3 is 0 Å². The van der Waals surface area contributed by atoms with Crippen LogP contribution in [0.25, 0.3) is 0 Å². The average molecular weight is 208 g/mol. The fraction of sp³-hybridized carbons (Fsp3) is 1.00. The van der Waals surface area contributed by atoms with Crippen molar-refractivity contribution < 1.29 is 8.42 Å². The summed E-state index contributed by atoms with van der Waals surface area (Å²) >= 11 is 0. The lowest BCUT2D eigenvalue weighted by atomic mass is 10.2. The van der Waals surface area contributed by atoms with Crippen LogP contribution in [0, 0.1) is 0 Å². The Morgan fingerprint density at radius 2 is 1.54 bits per heavy atom. The molecule has 0 bridgehead atoms. The van der Waals surface area contributed by atoms with E-state index in [1.165, 1.54) is 0 Å². The van der Waals surface area contributed by atoms with Gasteiger partial charge in [0.05, 0.1) is 5.75 Å². The molecular formula is C8H20N2O2S. The predicted octanol–water partition coefficient (Wildman–Crippen LogP) is 0.394. The summed E-state index contributed by atoms with van der Waals surface area (Å²) in [5.41, 5.74) is 0. The number of nitrogens with zero attached hydrogens (tertiary/aromatic N) is 1. The van der Waals surface area contributed by atoms with E-state index in [9.17, 15) is 8.42 Å². The third kappa shape index (κ3) is 6.01. The van der Waals surface area contributed by atoms with E-state index in [1.54, 1.807) is 0 Å². The Morgan fingerprint density at radius 3 is 1.77 bits per heavy atom. The largest absolute Gasteiger partial charge is 0.297 e. The molecule has 0 aliphatic rings. The third-order valence-electron chi connectivity index (χ3n) is 1.96. The van der Waals surface area contributed by atoms with Crippen LogP contribution in [-0.2, 0) is 10.0 Å². The maximum absolute atomic E-state index is 10.7. The van der Waals surface area contributed by atoms with Gasteiger partial charge in [0.15, 0.2) is 0 Å². The summed E-state index contributed by atoms with van der Waals surface area (Å²) in [5.74, 6) is 0.0311. The first-order chi connectivity index (χ1) is 5.74. The molecule has 0 saturated heterocycles. The van der Waals surface area contributed by atoms with E-state index in [0.29, 0.717) is 18.6 Å². The fourth-order valence-corrected chi connectivity index (χ4v) is 1.81. The molecule has 4 nitrogen and oxygen atoms in total. The molecule has 0 saturated carbocycles. The summed E-state index contributed by atoms with van der Waals surface area (Å²) in [7, 11) is -3.33. The molecule has 0 spiro atoms. The molecular weight excluding hydrogens is 188 g/mol. The van der Waals surface area contributed by atoms with E-state index in [4.69, 9.17) is 5.14 Å². The Kier molecular flexibility index (Phi) is 4.88. The first-order valence-electron chi connectivity index (χ1n) is 4.50. The van der Waals surface area contributed by atoms with E-state index in [2.05, 4.69) is 4.90 Å². The van der Waals surface area contributed by atoms with Crippen LogP contribution in [-0.4, -0.2) is 37.7 Å². The summed E-state index contributed by atoms with van der Waals surface area (Å²) in [4.78, 5) is 2.10. The average Bonchev–Trinajstić information content (AvgIpc) is 1.82. The molecule has 80 valence electrons. The number of rotatable bonds is 5. The summed E-state index contributed by atoms with van der Waals surface area (Å²) in [6.07, 6.45) is 0. The molecule has 0 rings (SSSR count). The van der Waals surface area contributed by atoms with Crippen molar-refractivity contribution in [1.29, 1.82) is 0 Å². The monoisotopic (exact) mass is 208 g/mol. The molecule has 0 unspecified atom stereocenters. The van der Waals surface area contributed by atoms with Crippen molar-refractivity contribution in [3.63, 3.8) is 0 Å². The van der Waals surface area contributed by atoms with Gasteiger partial charge in [-0.25, -0.2) is 13.6 Å². The molecule has 13 heavy (non-hydrogen) atoms. The molecule has 0 aromatic heterocycles. The number of hydrogen-bond acceptors (Lipinski definition) is 3. The third-order valence-corrected chi connectivity index (χ3v) is 2.71. The van der Waals surface area contributed by atoms with Gasteiger partial charge in [0, 0.05) is 18.6 Å². The maximum Gasteiger partial charge on any atom is 0.210 e. The smallest absolute Gasteiger partial charge is 0.210 e. The summed E-state index contributed by atoms with van der Waals surface area (Å²) in [6, 6.07) is 0.698. The van der Waals surface area contributed by atoms with Crippen molar-refractivity contribution >= 4 is 10.0 Å². The SMILES string of the molecule is CC(C)N(CCS(N)(=O)=O)C(C)C. The molecule has 5 heteroatoms. The molecule has 0 fully saturated rings. The highest BCUT2D eigenvalue weighted by atomic mass is 32.2. The van der Waals surface area contributed by atoms with Crippen LogP contribution >= 0.6 is 0 Å². The molecule has 0 aliphatic carbocycles. The summed E-state index contributed by atoms with van der Waals surface area (Å²) in [5, 5.41) is 4.93. The van der Waals surface area contributed by atoms with Crippen molar-refractivity contribution in [2.45, 2.75) is 39.8 Å². The van der Waals surface area contributed by atoms with Gasteiger partial charge in [0.25, 0.3) is 0 Å². The second kappa shape index (κ2) is 4.93. The topological polar surface area (TPSA) is 63.4 Å². The molecule has 0 aromatic carbocycles. The molecule has 0 atom stereocenters. The minimum atomic E-state index is -3.33. The van der Waals surface area contributed by atoms with E-state index < -0.39 is 10.0 Å². The first-order valence-corrected chi connectivity index (χ1v) is 6.22. The quantitative estimate of drug-likeness (QED) is 0.711. The van der Waals surface area contributed by atoms with Gasteiger partial charge in [-0.3, -0.25) is 4.90 Å². The van der Waals surface area contributed by atoms with Crippen molar-refractivity contribution in [1.82, 2.24) is 4.90 Å². The summed E-state index contributed by atoms with van der Waals surface area (Å²) in [6.45, 7) is 8.69.